The molecule has 154 valence electrons. The van der Waals surface area contributed by atoms with Crippen LogP contribution >= 0.6 is 11.6 Å². The van der Waals surface area contributed by atoms with Gasteiger partial charge in [0.2, 0.25) is 0 Å². The SMILES string of the molecule is Clc1ccc2c(c1)oc1cc(-c3ccccc3-c3ccccc3)cc(C3=CC=CCC3)c12. The van der Waals surface area contributed by atoms with Crippen molar-refractivity contribution in [2.24, 2.45) is 0 Å². The Morgan fingerprint density at radius 3 is 2.25 bits per heavy atom. The fourth-order valence-electron chi connectivity index (χ4n) is 4.72. The Kier molecular flexibility index (Phi) is 4.70. The summed E-state index contributed by atoms with van der Waals surface area (Å²) in [5, 5.41) is 2.96. The van der Waals surface area contributed by atoms with Gasteiger partial charge in [-0.05, 0) is 70.5 Å². The third-order valence-corrected chi connectivity index (χ3v) is 6.45. The first kappa shape index (κ1) is 19.2. The fraction of sp³-hybridized carbons (Fsp3) is 0.0667. The lowest BCUT2D eigenvalue weighted by Crippen LogP contribution is -1.92. The van der Waals surface area contributed by atoms with Gasteiger partial charge in [0.05, 0.1) is 0 Å². The molecule has 0 atom stereocenters. The lowest BCUT2D eigenvalue weighted by atomic mass is 9.88. The van der Waals surface area contributed by atoms with Crippen molar-refractivity contribution in [1.82, 2.24) is 0 Å². The molecule has 0 saturated carbocycles. The van der Waals surface area contributed by atoms with E-state index in [2.05, 4.69) is 91.0 Å². The zero-order chi connectivity index (χ0) is 21.5. The lowest BCUT2D eigenvalue weighted by molar-refractivity contribution is 0.669. The van der Waals surface area contributed by atoms with Gasteiger partial charge < -0.3 is 4.42 Å². The zero-order valence-corrected chi connectivity index (χ0v) is 18.3. The third kappa shape index (κ3) is 3.26. The van der Waals surface area contributed by atoms with Crippen molar-refractivity contribution in [3.05, 3.63) is 114 Å². The minimum absolute atomic E-state index is 0.688. The Morgan fingerprint density at radius 1 is 0.688 bits per heavy atom. The van der Waals surface area contributed by atoms with Gasteiger partial charge in [-0.1, -0.05) is 84.4 Å². The predicted molar refractivity (Wildman–Crippen MR) is 136 cm³/mol. The van der Waals surface area contributed by atoms with Crippen LogP contribution in [0.25, 0.3) is 49.8 Å². The Balaban J connectivity index is 1.66. The van der Waals surface area contributed by atoms with Gasteiger partial charge in [-0.25, -0.2) is 0 Å². The summed E-state index contributed by atoms with van der Waals surface area (Å²) in [6, 6.07) is 29.6. The van der Waals surface area contributed by atoms with Crippen LogP contribution in [0.4, 0.5) is 0 Å². The first-order chi connectivity index (χ1) is 15.8. The first-order valence-electron chi connectivity index (χ1n) is 10.9. The maximum atomic E-state index is 6.34. The van der Waals surface area contributed by atoms with Gasteiger partial charge in [0.25, 0.3) is 0 Å². The fourth-order valence-corrected chi connectivity index (χ4v) is 4.88. The van der Waals surface area contributed by atoms with Gasteiger partial charge >= 0.3 is 0 Å². The monoisotopic (exact) mass is 432 g/mol. The van der Waals surface area contributed by atoms with E-state index < -0.39 is 0 Å². The van der Waals surface area contributed by atoms with Crippen LogP contribution in [0, 0.1) is 0 Å². The molecule has 0 N–H and O–H groups in total. The Morgan fingerprint density at radius 2 is 1.47 bits per heavy atom. The molecular weight excluding hydrogens is 412 g/mol. The van der Waals surface area contributed by atoms with Gasteiger partial charge in [0, 0.05) is 21.9 Å². The Labute approximate surface area is 192 Å². The molecule has 6 rings (SSSR count). The van der Waals surface area contributed by atoms with E-state index in [-0.39, 0.29) is 0 Å². The highest BCUT2D eigenvalue weighted by Crippen LogP contribution is 2.42. The number of halogens is 1. The van der Waals surface area contributed by atoms with Gasteiger partial charge in [-0.15, -0.1) is 0 Å². The molecular formula is C30H21ClO. The van der Waals surface area contributed by atoms with Crippen molar-refractivity contribution in [1.29, 1.82) is 0 Å². The van der Waals surface area contributed by atoms with Crippen molar-refractivity contribution >= 4 is 39.1 Å². The summed E-state index contributed by atoms with van der Waals surface area (Å²) in [5.41, 5.74) is 9.10. The third-order valence-electron chi connectivity index (χ3n) is 6.22. The molecule has 1 aromatic heterocycles. The molecule has 0 bridgehead atoms. The summed E-state index contributed by atoms with van der Waals surface area (Å²) in [5.74, 6) is 0. The minimum atomic E-state index is 0.688. The molecule has 1 aliphatic rings. The number of hydrogen-bond acceptors (Lipinski definition) is 1. The molecule has 0 unspecified atom stereocenters. The van der Waals surface area contributed by atoms with Crippen LogP contribution in [0.2, 0.25) is 5.02 Å². The van der Waals surface area contributed by atoms with Crippen molar-refractivity contribution in [2.45, 2.75) is 12.8 Å². The average molecular weight is 433 g/mol. The highest BCUT2D eigenvalue weighted by molar-refractivity contribution is 6.31. The first-order valence-corrected chi connectivity index (χ1v) is 11.3. The summed E-state index contributed by atoms with van der Waals surface area (Å²) in [4.78, 5) is 0. The molecule has 2 heteroatoms. The molecule has 1 heterocycles. The largest absolute Gasteiger partial charge is 0.456 e. The van der Waals surface area contributed by atoms with E-state index in [0.717, 1.165) is 35.0 Å². The maximum Gasteiger partial charge on any atom is 0.136 e. The van der Waals surface area contributed by atoms with Crippen molar-refractivity contribution in [2.75, 3.05) is 0 Å². The summed E-state index contributed by atoms with van der Waals surface area (Å²) in [6.45, 7) is 0. The Hall–Kier alpha value is -3.55. The zero-order valence-electron chi connectivity index (χ0n) is 17.5. The predicted octanol–water partition coefficient (Wildman–Crippen LogP) is 9.31. The van der Waals surface area contributed by atoms with Gasteiger partial charge in [-0.3, -0.25) is 0 Å². The summed E-state index contributed by atoms with van der Waals surface area (Å²) < 4.78 is 6.34. The molecule has 5 aromatic rings. The normalized spacial score (nSPS) is 13.6. The standard InChI is InChI=1S/C30H21ClO/c31-23-15-16-26-28(19-23)32-29-18-22(17-27(30(26)29)21-11-5-2-6-12-21)25-14-8-7-13-24(25)20-9-3-1-4-10-20/h1-5,7-11,13-19H,6,12H2. The molecule has 4 aromatic carbocycles. The van der Waals surface area contributed by atoms with Crippen LogP contribution in [0.5, 0.6) is 0 Å². The lowest BCUT2D eigenvalue weighted by Gasteiger charge is -2.15. The van der Waals surface area contributed by atoms with E-state index in [9.17, 15) is 0 Å². The van der Waals surface area contributed by atoms with Crippen LogP contribution in [-0.4, -0.2) is 0 Å². The highest BCUT2D eigenvalue weighted by Gasteiger charge is 2.18. The summed E-state index contributed by atoms with van der Waals surface area (Å²) in [6.07, 6.45) is 8.70. The topological polar surface area (TPSA) is 13.1 Å². The maximum absolute atomic E-state index is 6.34. The molecule has 1 nitrogen and oxygen atoms in total. The number of fused-ring (bicyclic) bond motifs is 3. The number of benzene rings is 4. The smallest absolute Gasteiger partial charge is 0.136 e. The van der Waals surface area contributed by atoms with Crippen LogP contribution < -0.4 is 0 Å². The number of rotatable bonds is 3. The second-order valence-corrected chi connectivity index (χ2v) is 8.65. The van der Waals surface area contributed by atoms with Crippen molar-refractivity contribution in [3.8, 4) is 22.3 Å². The van der Waals surface area contributed by atoms with Gasteiger partial charge in [-0.2, -0.15) is 0 Å². The molecule has 0 spiro atoms. The second kappa shape index (κ2) is 7.85. The molecule has 0 amide bonds. The highest BCUT2D eigenvalue weighted by atomic mass is 35.5. The number of furan rings is 1. The molecule has 0 radical (unpaired) electrons. The number of allylic oxidation sites excluding steroid dienone is 4. The minimum Gasteiger partial charge on any atom is -0.456 e. The van der Waals surface area contributed by atoms with E-state index >= 15 is 0 Å². The van der Waals surface area contributed by atoms with Crippen molar-refractivity contribution in [3.63, 3.8) is 0 Å². The molecule has 0 aliphatic heterocycles. The summed E-state index contributed by atoms with van der Waals surface area (Å²) >= 11 is 6.27. The second-order valence-electron chi connectivity index (χ2n) is 8.21. The Bertz CT molecular complexity index is 1520. The molecule has 32 heavy (non-hydrogen) atoms. The van der Waals surface area contributed by atoms with Crippen LogP contribution in [0.15, 0.2) is 108 Å². The number of hydrogen-bond donors (Lipinski definition) is 0. The van der Waals surface area contributed by atoms with E-state index in [1.165, 1.54) is 33.2 Å². The van der Waals surface area contributed by atoms with Crippen LogP contribution in [0.1, 0.15) is 18.4 Å². The molecule has 0 fully saturated rings. The van der Waals surface area contributed by atoms with Gasteiger partial charge in [0.15, 0.2) is 0 Å². The van der Waals surface area contributed by atoms with E-state index in [0.29, 0.717) is 5.02 Å². The molecule has 1 aliphatic carbocycles. The summed E-state index contributed by atoms with van der Waals surface area (Å²) in [7, 11) is 0. The quantitative estimate of drug-likeness (QED) is 0.277. The van der Waals surface area contributed by atoms with Crippen LogP contribution in [0.3, 0.4) is 0 Å². The van der Waals surface area contributed by atoms with E-state index in [4.69, 9.17) is 16.0 Å². The van der Waals surface area contributed by atoms with Crippen LogP contribution in [-0.2, 0) is 0 Å². The molecule has 0 saturated heterocycles. The average Bonchev–Trinajstić information content (AvgIpc) is 3.22. The van der Waals surface area contributed by atoms with Gasteiger partial charge in [0.1, 0.15) is 11.2 Å². The van der Waals surface area contributed by atoms with Crippen molar-refractivity contribution < 1.29 is 4.42 Å². The van der Waals surface area contributed by atoms with E-state index in [1.54, 1.807) is 0 Å². The van der Waals surface area contributed by atoms with E-state index in [1.807, 2.05) is 12.1 Å².